The fraction of sp³-hybridized carbons (Fsp3) is 0.606. The second-order valence-electron chi connectivity index (χ2n) is 13.1. The zero-order valence-corrected chi connectivity index (χ0v) is 26.1. The van der Waals surface area contributed by atoms with E-state index in [4.69, 9.17) is 23.7 Å². The third-order valence-corrected chi connectivity index (χ3v) is 10.1. The molecule has 3 aliphatic carbocycles. The molecule has 2 N–H and O–H groups in total. The zero-order valence-electron chi connectivity index (χ0n) is 26.1. The van der Waals surface area contributed by atoms with Crippen LogP contribution in [0.3, 0.4) is 0 Å². The number of esters is 4. The van der Waals surface area contributed by atoms with Crippen LogP contribution < -0.4 is 0 Å². The summed E-state index contributed by atoms with van der Waals surface area (Å²) in [5.74, 6) is -3.71. The van der Waals surface area contributed by atoms with Crippen molar-refractivity contribution in [1.29, 1.82) is 0 Å². The second kappa shape index (κ2) is 11.2. The van der Waals surface area contributed by atoms with Gasteiger partial charge in [-0.3, -0.25) is 14.4 Å². The molecule has 9 atom stereocenters. The summed E-state index contributed by atoms with van der Waals surface area (Å²) in [7, 11) is 0. The van der Waals surface area contributed by atoms with Gasteiger partial charge in [-0.1, -0.05) is 32.0 Å². The molecule has 1 aliphatic heterocycles. The Balaban J connectivity index is 1.81. The maximum atomic E-state index is 13.8. The molecule has 2 saturated carbocycles. The van der Waals surface area contributed by atoms with Crippen LogP contribution in [0.2, 0.25) is 0 Å². The minimum Gasteiger partial charge on any atom is -0.458 e. The smallest absolute Gasteiger partial charge is 0.338 e. The average molecular weight is 614 g/mol. The first kappa shape index (κ1) is 32.0. The summed E-state index contributed by atoms with van der Waals surface area (Å²) < 4.78 is 29.8. The summed E-state index contributed by atoms with van der Waals surface area (Å²) >= 11 is 0. The molecule has 44 heavy (non-hydrogen) atoms. The van der Waals surface area contributed by atoms with Crippen LogP contribution in [0.15, 0.2) is 41.5 Å². The number of carbonyl (C=O) groups excluding carboxylic acids is 4. The largest absolute Gasteiger partial charge is 0.458 e. The lowest BCUT2D eigenvalue weighted by molar-refractivity contribution is -0.317. The topological polar surface area (TPSA) is 155 Å². The Morgan fingerprint density at radius 3 is 2.16 bits per heavy atom. The van der Waals surface area contributed by atoms with Crippen molar-refractivity contribution in [2.75, 3.05) is 6.61 Å². The summed E-state index contributed by atoms with van der Waals surface area (Å²) in [6, 6.07) is 8.27. The minimum atomic E-state index is -1.99. The van der Waals surface area contributed by atoms with Crippen LogP contribution in [0.1, 0.15) is 71.7 Å². The summed E-state index contributed by atoms with van der Waals surface area (Å²) in [6.07, 6.45) is -5.64. The van der Waals surface area contributed by atoms with Gasteiger partial charge in [-0.2, -0.15) is 0 Å². The lowest BCUT2D eigenvalue weighted by atomic mass is 9.47. The predicted molar refractivity (Wildman–Crippen MR) is 154 cm³/mol. The van der Waals surface area contributed by atoms with Crippen LogP contribution in [0.5, 0.6) is 0 Å². The van der Waals surface area contributed by atoms with Crippen molar-refractivity contribution in [1.82, 2.24) is 0 Å². The van der Waals surface area contributed by atoms with Gasteiger partial charge in [0.15, 0.2) is 18.1 Å². The molecule has 238 valence electrons. The van der Waals surface area contributed by atoms with Gasteiger partial charge >= 0.3 is 23.9 Å². The number of ether oxygens (including phenoxy) is 5. The molecule has 1 heterocycles. The van der Waals surface area contributed by atoms with Crippen molar-refractivity contribution in [2.24, 2.45) is 17.3 Å². The SMILES string of the molecule is CC(=O)O[C@H]1C[C@@]2(O)[C@@H](OC(=O)c3ccccc3)[C@H]3[C+]([C@@H](O)[C@H](OC(C)=O)C(=C1C)C2(C)C)[C@@H](C)C[C@H]1OC[C@@]31OC(C)=O. The zero-order chi connectivity index (χ0) is 32.4. The van der Waals surface area contributed by atoms with Crippen molar-refractivity contribution >= 4 is 23.9 Å². The molecular weight excluding hydrogens is 572 g/mol. The molecule has 4 aliphatic rings. The van der Waals surface area contributed by atoms with Gasteiger partial charge in [-0.25, -0.2) is 4.79 Å². The highest BCUT2D eigenvalue weighted by Gasteiger charge is 2.79. The van der Waals surface area contributed by atoms with E-state index in [1.807, 2.05) is 6.92 Å². The highest BCUT2D eigenvalue weighted by Crippen LogP contribution is 2.63. The van der Waals surface area contributed by atoms with Crippen LogP contribution in [0, 0.1) is 23.2 Å². The van der Waals surface area contributed by atoms with Crippen molar-refractivity contribution in [3.05, 3.63) is 53.0 Å². The number of rotatable bonds is 5. The normalized spacial score (nSPS) is 37.2. The second-order valence-corrected chi connectivity index (χ2v) is 13.1. The molecule has 1 saturated heterocycles. The Labute approximate surface area is 256 Å². The van der Waals surface area contributed by atoms with E-state index >= 15 is 0 Å². The molecule has 3 fully saturated rings. The Hall–Kier alpha value is -3.41. The first-order chi connectivity index (χ1) is 20.5. The lowest BCUT2D eigenvalue weighted by Crippen LogP contribution is -2.78. The van der Waals surface area contributed by atoms with Gasteiger partial charge < -0.3 is 33.9 Å². The van der Waals surface area contributed by atoms with Crippen LogP contribution in [0.25, 0.3) is 0 Å². The minimum absolute atomic E-state index is 0.0753. The summed E-state index contributed by atoms with van der Waals surface area (Å²) in [5.41, 5.74) is -3.65. The highest BCUT2D eigenvalue weighted by molar-refractivity contribution is 5.89. The molecule has 0 radical (unpaired) electrons. The molecule has 1 aromatic rings. The molecule has 0 aromatic heterocycles. The van der Waals surface area contributed by atoms with E-state index in [9.17, 15) is 29.4 Å². The number of fused-ring (bicyclic) bond motifs is 5. The van der Waals surface area contributed by atoms with E-state index < -0.39 is 82.8 Å². The van der Waals surface area contributed by atoms with E-state index in [2.05, 4.69) is 0 Å². The highest BCUT2D eigenvalue weighted by atomic mass is 16.6. The Morgan fingerprint density at radius 1 is 0.977 bits per heavy atom. The average Bonchev–Trinajstić information content (AvgIpc) is 2.92. The molecule has 0 amide bonds. The summed E-state index contributed by atoms with van der Waals surface area (Å²) in [4.78, 5) is 51.3. The van der Waals surface area contributed by atoms with Crippen LogP contribution in [0.4, 0.5) is 0 Å². The van der Waals surface area contributed by atoms with Gasteiger partial charge in [0.2, 0.25) is 11.7 Å². The first-order valence-electron chi connectivity index (χ1n) is 14.9. The molecule has 1 aromatic carbocycles. The molecule has 11 nitrogen and oxygen atoms in total. The maximum Gasteiger partial charge on any atom is 0.338 e. The van der Waals surface area contributed by atoms with Crippen molar-refractivity contribution in [3.8, 4) is 0 Å². The molecular formula is C33H41O11+. The summed E-state index contributed by atoms with van der Waals surface area (Å²) in [5, 5.41) is 25.4. The van der Waals surface area contributed by atoms with Crippen molar-refractivity contribution < 1.29 is 53.1 Å². The van der Waals surface area contributed by atoms with Gasteiger partial charge in [0.1, 0.15) is 29.6 Å². The first-order valence-corrected chi connectivity index (χ1v) is 14.9. The number of aliphatic hydroxyl groups excluding tert-OH is 1. The predicted octanol–water partition coefficient (Wildman–Crippen LogP) is 2.86. The van der Waals surface area contributed by atoms with Crippen LogP contribution >= 0.6 is 0 Å². The number of benzene rings is 1. The van der Waals surface area contributed by atoms with Crippen LogP contribution in [-0.2, 0) is 38.1 Å². The number of hydrogen-bond donors (Lipinski definition) is 2. The van der Waals surface area contributed by atoms with Gasteiger partial charge in [-0.15, -0.1) is 0 Å². The monoisotopic (exact) mass is 613 g/mol. The lowest BCUT2D eigenvalue weighted by Gasteiger charge is -2.62. The molecule has 0 spiro atoms. The fourth-order valence-corrected chi connectivity index (χ4v) is 8.11. The van der Waals surface area contributed by atoms with Crippen LogP contribution in [-0.4, -0.2) is 82.4 Å². The quantitative estimate of drug-likeness (QED) is 0.218. The number of aliphatic hydroxyl groups is 2. The van der Waals surface area contributed by atoms with Crippen molar-refractivity contribution in [2.45, 2.75) is 103 Å². The molecule has 0 unspecified atom stereocenters. The number of hydrogen-bond acceptors (Lipinski definition) is 11. The third kappa shape index (κ3) is 4.89. The Kier molecular flexibility index (Phi) is 8.14. The van der Waals surface area contributed by atoms with Gasteiger partial charge in [0.05, 0.1) is 12.2 Å². The third-order valence-electron chi connectivity index (χ3n) is 10.1. The van der Waals surface area contributed by atoms with E-state index in [-0.39, 0.29) is 18.6 Å². The maximum absolute atomic E-state index is 13.8. The van der Waals surface area contributed by atoms with Gasteiger partial charge in [-0.05, 0) is 37.1 Å². The van der Waals surface area contributed by atoms with E-state index in [0.717, 1.165) is 0 Å². The van der Waals surface area contributed by atoms with Gasteiger partial charge in [0.25, 0.3) is 0 Å². The molecule has 5 rings (SSSR count). The standard InChI is InChI=1S/C33H41O11/c1-16-13-23-32(15-40-23,44-20(5)36)26-24(16)27(37)28(42-19(4)35)25-17(2)22(41-18(3)34)14-33(39,31(25,6)7)29(26)43-30(38)21-11-9-8-10-12-21/h8-12,16,22-23,26-29,37,39H,13-15H2,1-7H3/q+1/t16-,22-,23+,26+,27+,28+,29-,32-,33+/m0/s1. The number of carbonyl (C=O) groups is 4. The fourth-order valence-electron chi connectivity index (χ4n) is 8.11. The van der Waals surface area contributed by atoms with Crippen molar-refractivity contribution in [3.63, 3.8) is 0 Å². The molecule has 2 bridgehead atoms. The summed E-state index contributed by atoms with van der Waals surface area (Å²) in [6.45, 7) is 10.6. The van der Waals surface area contributed by atoms with Gasteiger partial charge in [0, 0.05) is 39.0 Å². The van der Waals surface area contributed by atoms with E-state index in [1.54, 1.807) is 51.1 Å². The van der Waals surface area contributed by atoms with E-state index in [1.165, 1.54) is 20.8 Å². The van der Waals surface area contributed by atoms with E-state index in [0.29, 0.717) is 23.5 Å². The Morgan fingerprint density at radius 2 is 1.61 bits per heavy atom. The molecule has 11 heteroatoms. The Bertz CT molecular complexity index is 1370.